The average Bonchev–Trinajstić information content (AvgIpc) is 2.85. The number of benzene rings is 4. The van der Waals surface area contributed by atoms with Crippen LogP contribution in [0, 0.1) is 0 Å². The second kappa shape index (κ2) is 9.19. The predicted octanol–water partition coefficient (Wildman–Crippen LogP) is 6.47. The van der Waals surface area contributed by atoms with E-state index in [-0.39, 0.29) is 5.97 Å². The maximum atomic E-state index is 12.7. The van der Waals surface area contributed by atoms with E-state index in [0.29, 0.717) is 16.7 Å². The summed E-state index contributed by atoms with van der Waals surface area (Å²) in [5.74, 6) is -0.372. The molecule has 0 aliphatic carbocycles. The van der Waals surface area contributed by atoms with Gasteiger partial charge in [0.1, 0.15) is 0 Å². The van der Waals surface area contributed by atoms with Gasteiger partial charge in [0.15, 0.2) is 0 Å². The topological polar surface area (TPSA) is 26.3 Å². The zero-order chi connectivity index (χ0) is 22.6. The molecule has 0 aromatic heterocycles. The van der Waals surface area contributed by atoms with E-state index in [1.165, 1.54) is 23.0 Å². The predicted molar refractivity (Wildman–Crippen MR) is 141 cm³/mol. The van der Waals surface area contributed by atoms with Gasteiger partial charge in [-0.05, 0) is 0 Å². The van der Waals surface area contributed by atoms with Crippen LogP contribution in [0.3, 0.4) is 0 Å². The molecule has 32 heavy (non-hydrogen) atoms. The van der Waals surface area contributed by atoms with Crippen molar-refractivity contribution >= 4 is 54.3 Å². The number of carbonyl (C=O) groups is 1. The zero-order valence-electron chi connectivity index (χ0n) is 17.6. The van der Waals surface area contributed by atoms with E-state index in [0.717, 1.165) is 5.56 Å². The quantitative estimate of drug-likeness (QED) is 0.213. The molecule has 0 heterocycles. The number of methoxy groups -OCH3 is 1. The van der Waals surface area contributed by atoms with E-state index in [1.807, 2.05) is 24.3 Å². The number of halogens is 2. The molecular weight excluding hydrogens is 503 g/mol. The third-order valence-corrected chi connectivity index (χ3v) is 15.6. The Hall–Kier alpha value is -2.45. The molecule has 0 N–H and O–H groups in total. The Morgan fingerprint density at radius 1 is 0.781 bits per heavy atom. The third-order valence-electron chi connectivity index (χ3n) is 5.82. The summed E-state index contributed by atoms with van der Waals surface area (Å²) in [6.45, 7) is 0. The summed E-state index contributed by atoms with van der Waals surface area (Å²) in [5, 5.41) is 0.848. The molecule has 2 nitrogen and oxygen atoms in total. The second-order valence-electron chi connectivity index (χ2n) is 7.64. The van der Waals surface area contributed by atoms with Gasteiger partial charge in [-0.1, -0.05) is 0 Å². The third kappa shape index (κ3) is 3.90. The Bertz CT molecular complexity index is 1130. The van der Waals surface area contributed by atoms with Crippen LogP contribution in [0.25, 0.3) is 0 Å². The molecule has 0 aliphatic rings. The summed E-state index contributed by atoms with van der Waals surface area (Å²) in [6.07, 6.45) is 0.564. The van der Waals surface area contributed by atoms with Crippen LogP contribution < -0.4 is 15.9 Å². The monoisotopic (exact) mass is 524 g/mol. The van der Waals surface area contributed by atoms with Gasteiger partial charge in [0.25, 0.3) is 0 Å². The average molecular weight is 526 g/mol. The Balaban J connectivity index is 2.11. The summed E-state index contributed by atoms with van der Waals surface area (Å²) in [5.41, 5.74) is 1.36. The zero-order valence-corrected chi connectivity index (χ0v) is 20.9. The van der Waals surface area contributed by atoms with E-state index < -0.39 is 5.31 Å². The molecule has 0 spiro atoms. The van der Waals surface area contributed by atoms with Gasteiger partial charge in [-0.2, -0.15) is 0 Å². The van der Waals surface area contributed by atoms with Crippen molar-refractivity contribution in [2.75, 3.05) is 7.11 Å². The van der Waals surface area contributed by atoms with Crippen LogP contribution in [-0.4, -0.2) is 13.1 Å². The number of hydrogen-bond acceptors (Lipinski definition) is 2. The number of esters is 1. The van der Waals surface area contributed by atoms with Crippen LogP contribution in [0.1, 0.15) is 15.9 Å². The molecule has 0 radical (unpaired) electrons. The van der Waals surface area contributed by atoms with Crippen LogP contribution in [-0.2, 0) is 10.9 Å². The molecular formula is C27H23BrClO2P. The van der Waals surface area contributed by atoms with Crippen LogP contribution in [0.5, 0.6) is 0 Å². The van der Waals surface area contributed by atoms with Crippen LogP contribution in [0.4, 0.5) is 0 Å². The first-order valence-electron chi connectivity index (χ1n) is 10.2. The summed E-state index contributed by atoms with van der Waals surface area (Å²) >= 11 is 10.8. The van der Waals surface area contributed by atoms with Crippen molar-refractivity contribution < 1.29 is 9.53 Å². The van der Waals surface area contributed by atoms with Gasteiger partial charge in [-0.25, -0.2) is 0 Å². The van der Waals surface area contributed by atoms with Gasteiger partial charge >= 0.3 is 202 Å². The number of carbonyl (C=O) groups excluding carboxylic acids is 1. The van der Waals surface area contributed by atoms with Gasteiger partial charge in [0.05, 0.1) is 0 Å². The van der Waals surface area contributed by atoms with Crippen molar-refractivity contribution in [2.24, 2.45) is 0 Å². The summed E-state index contributed by atoms with van der Waals surface area (Å²) in [7, 11) is 1.40. The fraction of sp³-hybridized carbons (Fsp3) is 0.0741. The van der Waals surface area contributed by atoms with Crippen LogP contribution >= 0.6 is 32.4 Å². The standard InChI is InChI=1S/C27H23BrClO2P/c1-31-27(30)26-18-17-22(29)19-21(26)20-32(28,23-11-5-2-6-12-23,24-13-7-3-8-14-24)25-15-9-4-10-16-25/h2-19H,20H2,1H3. The summed E-state index contributed by atoms with van der Waals surface area (Å²) in [4.78, 5) is 12.7. The van der Waals surface area contributed by atoms with Gasteiger partial charge < -0.3 is 0 Å². The summed E-state index contributed by atoms with van der Waals surface area (Å²) in [6, 6.07) is 36.7. The molecule has 0 bridgehead atoms. The molecule has 4 aromatic carbocycles. The molecule has 0 aliphatic heterocycles. The molecule has 162 valence electrons. The molecule has 0 unspecified atom stereocenters. The van der Waals surface area contributed by atoms with Gasteiger partial charge in [-0.3, -0.25) is 0 Å². The normalized spacial score (nSPS) is 12.5. The SMILES string of the molecule is COC(=O)c1ccc(Cl)cc1CP(Br)(c1ccccc1)(c1ccccc1)c1ccccc1. The van der Waals surface area contributed by atoms with Crippen molar-refractivity contribution in [3.8, 4) is 0 Å². The molecule has 5 heteroatoms. The van der Waals surface area contributed by atoms with Crippen molar-refractivity contribution in [3.63, 3.8) is 0 Å². The first-order valence-corrected chi connectivity index (χ1v) is 15.1. The van der Waals surface area contributed by atoms with Crippen molar-refractivity contribution in [3.05, 3.63) is 125 Å². The van der Waals surface area contributed by atoms with E-state index in [1.54, 1.807) is 12.1 Å². The van der Waals surface area contributed by atoms with Gasteiger partial charge in [-0.15, -0.1) is 0 Å². The Morgan fingerprint density at radius 3 is 1.62 bits per heavy atom. The molecule has 0 saturated carbocycles. The number of hydrogen-bond donors (Lipinski definition) is 0. The molecule has 0 atom stereocenters. The minimum atomic E-state index is -3.25. The first kappa shape index (κ1) is 22.7. The van der Waals surface area contributed by atoms with E-state index in [2.05, 4.69) is 88.3 Å². The molecule has 0 saturated heterocycles. The first-order chi connectivity index (χ1) is 15.5. The number of rotatable bonds is 6. The van der Waals surface area contributed by atoms with E-state index >= 15 is 0 Å². The fourth-order valence-electron chi connectivity index (χ4n) is 4.26. The molecule has 0 fully saturated rings. The molecule has 0 amide bonds. The Labute approximate surface area is 201 Å². The second-order valence-corrected chi connectivity index (χ2v) is 17.0. The van der Waals surface area contributed by atoms with Gasteiger partial charge in [0, 0.05) is 0 Å². The van der Waals surface area contributed by atoms with Crippen molar-refractivity contribution in [2.45, 2.75) is 6.16 Å². The van der Waals surface area contributed by atoms with Gasteiger partial charge in [0.2, 0.25) is 0 Å². The van der Waals surface area contributed by atoms with Crippen LogP contribution in [0.15, 0.2) is 109 Å². The van der Waals surface area contributed by atoms with E-state index in [4.69, 9.17) is 16.3 Å². The van der Waals surface area contributed by atoms with Crippen LogP contribution in [0.2, 0.25) is 5.02 Å². The maximum absolute atomic E-state index is 12.7. The molecule has 4 aromatic rings. The van der Waals surface area contributed by atoms with Crippen molar-refractivity contribution in [1.29, 1.82) is 0 Å². The van der Waals surface area contributed by atoms with Crippen molar-refractivity contribution in [1.82, 2.24) is 0 Å². The number of ether oxygens (including phenoxy) is 1. The fourth-order valence-corrected chi connectivity index (χ4v) is 12.1. The minimum absolute atomic E-state index is 0.372. The Kier molecular flexibility index (Phi) is 6.53. The summed E-state index contributed by atoms with van der Waals surface area (Å²) < 4.78 is 5.10. The Morgan fingerprint density at radius 2 is 1.22 bits per heavy atom. The van der Waals surface area contributed by atoms with E-state index in [9.17, 15) is 4.79 Å². The molecule has 4 rings (SSSR count).